The predicted molar refractivity (Wildman–Crippen MR) is 110 cm³/mol. The smallest absolute Gasteiger partial charge is 0.263 e. The first-order valence-corrected chi connectivity index (χ1v) is 9.53. The summed E-state index contributed by atoms with van der Waals surface area (Å²) in [5, 5.41) is 5.49. The van der Waals surface area contributed by atoms with Gasteiger partial charge in [-0.1, -0.05) is 12.1 Å². The van der Waals surface area contributed by atoms with Gasteiger partial charge in [-0.25, -0.2) is 24.0 Å². The summed E-state index contributed by atoms with van der Waals surface area (Å²) >= 11 is 0. The SMILES string of the molecule is CN(N)/C(=C\N)c1ccc2cnc(NC(=O)C3(F)CCN(CC(F)F)CC3)cc2c1. The standard InChI is InChI=1S/C20H25F3N6O/c1-28(25)16(10-24)13-2-3-14-11-26-18(9-15(14)8-13)27-19(30)20(23)4-6-29(7-5-20)12-17(21)22/h2-3,8-11,17H,4-7,12,24-25H2,1H3,(H,26,27,30)/b16-10-. The number of aromatic nitrogens is 1. The second-order valence-corrected chi connectivity index (χ2v) is 7.41. The van der Waals surface area contributed by atoms with Crippen LogP contribution >= 0.6 is 0 Å². The second-order valence-electron chi connectivity index (χ2n) is 7.41. The number of piperidine rings is 1. The number of nitrogens with zero attached hydrogens (tertiary/aromatic N) is 3. The van der Waals surface area contributed by atoms with E-state index in [1.165, 1.54) is 16.1 Å². The zero-order valence-electron chi connectivity index (χ0n) is 16.6. The number of benzene rings is 1. The molecule has 162 valence electrons. The molecular formula is C20H25F3N6O. The highest BCUT2D eigenvalue weighted by Gasteiger charge is 2.42. The van der Waals surface area contributed by atoms with Crippen LogP contribution < -0.4 is 16.9 Å². The lowest BCUT2D eigenvalue weighted by atomic mass is 9.92. The summed E-state index contributed by atoms with van der Waals surface area (Å²) in [6.07, 6.45) is 0.195. The van der Waals surface area contributed by atoms with Gasteiger partial charge in [0.1, 0.15) is 5.82 Å². The number of carbonyl (C=O) groups excluding carboxylic acids is 1. The van der Waals surface area contributed by atoms with Gasteiger partial charge in [-0.3, -0.25) is 9.69 Å². The molecule has 0 saturated carbocycles. The Balaban J connectivity index is 1.74. The van der Waals surface area contributed by atoms with Crippen molar-refractivity contribution in [3.63, 3.8) is 0 Å². The molecule has 30 heavy (non-hydrogen) atoms. The van der Waals surface area contributed by atoms with Crippen LogP contribution in [0.15, 0.2) is 36.7 Å². The van der Waals surface area contributed by atoms with Gasteiger partial charge in [0.15, 0.2) is 5.67 Å². The molecule has 1 aliphatic heterocycles. The third kappa shape index (κ3) is 4.82. The number of nitrogens with two attached hydrogens (primary N) is 2. The minimum Gasteiger partial charge on any atom is -0.403 e. The summed E-state index contributed by atoms with van der Waals surface area (Å²) in [6.45, 7) is -0.212. The van der Waals surface area contributed by atoms with E-state index in [1.54, 1.807) is 19.3 Å². The molecule has 0 aliphatic carbocycles. The van der Waals surface area contributed by atoms with Crippen LogP contribution in [-0.4, -0.2) is 59.6 Å². The van der Waals surface area contributed by atoms with E-state index in [-0.39, 0.29) is 31.7 Å². The first-order chi connectivity index (χ1) is 14.2. The zero-order chi connectivity index (χ0) is 21.9. The van der Waals surface area contributed by atoms with Gasteiger partial charge in [0, 0.05) is 56.3 Å². The molecule has 0 bridgehead atoms. The molecule has 1 aliphatic rings. The summed E-state index contributed by atoms with van der Waals surface area (Å²) < 4.78 is 40.1. The fraction of sp³-hybridized carbons (Fsp3) is 0.400. The van der Waals surface area contributed by atoms with Gasteiger partial charge in [0.05, 0.1) is 12.2 Å². The minimum absolute atomic E-state index is 0.101. The average molecular weight is 422 g/mol. The van der Waals surface area contributed by atoms with Crippen molar-refractivity contribution >= 4 is 28.2 Å². The fourth-order valence-electron chi connectivity index (χ4n) is 3.53. The topological polar surface area (TPSA) is 101 Å². The van der Waals surface area contributed by atoms with E-state index in [1.807, 2.05) is 18.2 Å². The van der Waals surface area contributed by atoms with E-state index in [0.717, 1.165) is 16.3 Å². The van der Waals surface area contributed by atoms with E-state index < -0.39 is 24.5 Å². The molecule has 7 nitrogen and oxygen atoms in total. The summed E-state index contributed by atoms with van der Waals surface area (Å²) in [4.78, 5) is 18.2. The van der Waals surface area contributed by atoms with Crippen LogP contribution in [-0.2, 0) is 4.79 Å². The highest BCUT2D eigenvalue weighted by atomic mass is 19.3. The van der Waals surface area contributed by atoms with Gasteiger partial charge in [-0.05, 0) is 17.5 Å². The van der Waals surface area contributed by atoms with Crippen LogP contribution in [0.5, 0.6) is 0 Å². The molecule has 5 N–H and O–H groups in total. The number of alkyl halides is 3. The van der Waals surface area contributed by atoms with Gasteiger partial charge in [0.2, 0.25) is 0 Å². The van der Waals surface area contributed by atoms with Gasteiger partial charge in [-0.2, -0.15) is 0 Å². The third-order valence-corrected chi connectivity index (χ3v) is 5.25. The number of halogens is 3. The number of carbonyl (C=O) groups is 1. The Hall–Kier alpha value is -2.85. The number of hydrazine groups is 1. The van der Waals surface area contributed by atoms with Crippen molar-refractivity contribution in [2.45, 2.75) is 24.9 Å². The van der Waals surface area contributed by atoms with Crippen molar-refractivity contribution < 1.29 is 18.0 Å². The van der Waals surface area contributed by atoms with Crippen LogP contribution in [0, 0.1) is 0 Å². The van der Waals surface area contributed by atoms with Gasteiger partial charge in [0.25, 0.3) is 12.3 Å². The number of hydrogen-bond acceptors (Lipinski definition) is 6. The largest absolute Gasteiger partial charge is 0.403 e. The van der Waals surface area contributed by atoms with Crippen molar-refractivity contribution in [3.8, 4) is 0 Å². The monoisotopic (exact) mass is 422 g/mol. The van der Waals surface area contributed by atoms with Crippen LogP contribution in [0.25, 0.3) is 16.5 Å². The maximum atomic E-state index is 15.1. The van der Waals surface area contributed by atoms with Crippen LogP contribution in [0.2, 0.25) is 0 Å². The van der Waals surface area contributed by atoms with Crippen molar-refractivity contribution in [3.05, 3.63) is 42.2 Å². The normalized spacial score (nSPS) is 17.3. The molecule has 1 saturated heterocycles. The van der Waals surface area contributed by atoms with Crippen LogP contribution in [0.4, 0.5) is 19.0 Å². The van der Waals surface area contributed by atoms with Gasteiger partial charge in [-0.15, -0.1) is 0 Å². The molecule has 1 amide bonds. The number of anilines is 1. The molecule has 1 aromatic heterocycles. The van der Waals surface area contributed by atoms with E-state index >= 15 is 4.39 Å². The molecule has 0 spiro atoms. The van der Waals surface area contributed by atoms with Gasteiger partial charge < -0.3 is 16.1 Å². The Morgan fingerprint density at radius 3 is 2.63 bits per heavy atom. The molecule has 1 fully saturated rings. The summed E-state index contributed by atoms with van der Waals surface area (Å²) in [5.74, 6) is 5.17. The summed E-state index contributed by atoms with van der Waals surface area (Å²) in [7, 11) is 1.66. The van der Waals surface area contributed by atoms with Gasteiger partial charge >= 0.3 is 0 Å². The van der Waals surface area contributed by atoms with E-state index in [2.05, 4.69) is 10.3 Å². The van der Waals surface area contributed by atoms with Crippen molar-refractivity contribution in [1.82, 2.24) is 14.9 Å². The molecule has 1 aromatic carbocycles. The van der Waals surface area contributed by atoms with Crippen LogP contribution in [0.3, 0.4) is 0 Å². The second kappa shape index (κ2) is 8.88. The zero-order valence-corrected chi connectivity index (χ0v) is 16.6. The predicted octanol–water partition coefficient (Wildman–Crippen LogP) is 2.31. The highest BCUT2D eigenvalue weighted by molar-refractivity contribution is 5.98. The first-order valence-electron chi connectivity index (χ1n) is 9.53. The molecular weight excluding hydrogens is 397 g/mol. The Morgan fingerprint density at radius 1 is 1.33 bits per heavy atom. The van der Waals surface area contributed by atoms with E-state index in [4.69, 9.17) is 11.6 Å². The first kappa shape index (κ1) is 21.8. The number of amides is 1. The molecule has 0 unspecified atom stereocenters. The molecule has 3 rings (SSSR count). The molecule has 10 heteroatoms. The Morgan fingerprint density at radius 2 is 2.03 bits per heavy atom. The number of pyridine rings is 1. The number of nitrogens with one attached hydrogen (secondary N) is 1. The lowest BCUT2D eigenvalue weighted by Crippen LogP contribution is -2.49. The fourth-order valence-corrected chi connectivity index (χ4v) is 3.53. The van der Waals surface area contributed by atoms with Crippen molar-refractivity contribution in [2.24, 2.45) is 11.6 Å². The number of hydrogen-bond donors (Lipinski definition) is 3. The summed E-state index contributed by atoms with van der Waals surface area (Å²) in [6, 6.07) is 7.15. The average Bonchev–Trinajstić information content (AvgIpc) is 2.69. The number of likely N-dealkylation sites (tertiary alicyclic amines) is 1. The van der Waals surface area contributed by atoms with Crippen molar-refractivity contribution in [1.29, 1.82) is 0 Å². The Kier molecular flexibility index (Phi) is 6.47. The minimum atomic E-state index is -2.48. The highest BCUT2D eigenvalue weighted by Crippen LogP contribution is 2.29. The third-order valence-electron chi connectivity index (χ3n) is 5.25. The van der Waals surface area contributed by atoms with E-state index in [9.17, 15) is 13.6 Å². The lowest BCUT2D eigenvalue weighted by molar-refractivity contribution is -0.130. The summed E-state index contributed by atoms with van der Waals surface area (Å²) in [5.41, 5.74) is 4.90. The molecule has 2 heterocycles. The van der Waals surface area contributed by atoms with E-state index in [0.29, 0.717) is 5.70 Å². The quantitative estimate of drug-likeness (QED) is 0.488. The Labute approximate surface area is 172 Å². The van der Waals surface area contributed by atoms with Crippen molar-refractivity contribution in [2.75, 3.05) is 32.0 Å². The van der Waals surface area contributed by atoms with Crippen LogP contribution in [0.1, 0.15) is 18.4 Å². The maximum Gasteiger partial charge on any atom is 0.263 e. The number of fused-ring (bicyclic) bond motifs is 1. The molecule has 0 atom stereocenters. The lowest BCUT2D eigenvalue weighted by Gasteiger charge is -2.35. The molecule has 0 radical (unpaired) electrons. The number of rotatable bonds is 6. The molecule has 2 aromatic rings. The Bertz CT molecular complexity index is 941. The maximum absolute atomic E-state index is 15.1.